The number of hydrogen-bond donors (Lipinski definition) is 3. The van der Waals surface area contributed by atoms with Gasteiger partial charge in [-0.15, -0.1) is 24.0 Å². The number of ether oxygens (including phenoxy) is 1. The highest BCUT2D eigenvalue weighted by atomic mass is 127. The monoisotopic (exact) mass is 545 g/mol. The number of benzene rings is 2. The van der Waals surface area contributed by atoms with Crippen molar-refractivity contribution in [1.82, 2.24) is 10.6 Å². The minimum Gasteiger partial charge on any atom is -0.433 e. The molecule has 1 heterocycles. The van der Waals surface area contributed by atoms with Gasteiger partial charge in [-0.3, -0.25) is 4.99 Å². The summed E-state index contributed by atoms with van der Waals surface area (Å²) in [7, 11) is 1.75. The standard InChI is InChI=1S/C22H29F2N5O.HI/c1-25-22(27-14-7-13-26-17-8-3-2-4-9-17)28-18-12-15-29(16-18)19-10-5-6-11-20(19)30-21(23)24;/h2-6,8-11,18,21,26H,7,12-16H2,1H3,(H2,25,27,28);1H. The summed E-state index contributed by atoms with van der Waals surface area (Å²) < 4.78 is 30.0. The average Bonchev–Trinajstić information content (AvgIpc) is 3.21. The lowest BCUT2D eigenvalue weighted by Gasteiger charge is -2.22. The summed E-state index contributed by atoms with van der Waals surface area (Å²) in [6, 6.07) is 17.2. The molecule has 1 aliphatic rings. The summed E-state index contributed by atoms with van der Waals surface area (Å²) in [5.74, 6) is 0.959. The molecule has 2 aromatic carbocycles. The van der Waals surface area contributed by atoms with Gasteiger partial charge in [0.25, 0.3) is 0 Å². The highest BCUT2D eigenvalue weighted by molar-refractivity contribution is 14.0. The van der Waals surface area contributed by atoms with E-state index in [0.29, 0.717) is 12.2 Å². The molecule has 2 aromatic rings. The van der Waals surface area contributed by atoms with E-state index in [1.165, 1.54) is 0 Å². The predicted molar refractivity (Wildman–Crippen MR) is 133 cm³/mol. The minimum atomic E-state index is -2.83. The van der Waals surface area contributed by atoms with Crippen LogP contribution in [0.15, 0.2) is 59.6 Å². The second kappa shape index (κ2) is 13.2. The maximum Gasteiger partial charge on any atom is 0.387 e. The highest BCUT2D eigenvalue weighted by Gasteiger charge is 2.25. The van der Waals surface area contributed by atoms with Gasteiger partial charge in [0, 0.05) is 45.0 Å². The van der Waals surface area contributed by atoms with Crippen LogP contribution >= 0.6 is 24.0 Å². The lowest BCUT2D eigenvalue weighted by atomic mass is 10.2. The normalized spacial score (nSPS) is 16.1. The zero-order valence-corrected chi connectivity index (χ0v) is 19.9. The number of aliphatic imine (C=N–C) groups is 1. The first-order chi connectivity index (χ1) is 14.7. The Hall–Kier alpha value is -2.30. The number of nitrogens with one attached hydrogen (secondary N) is 3. The van der Waals surface area contributed by atoms with Crippen molar-refractivity contribution in [1.29, 1.82) is 0 Å². The number of rotatable bonds is 9. The SMILES string of the molecule is CN=C(NCCCNc1ccccc1)NC1CCN(c2ccccc2OC(F)F)C1.I. The molecule has 0 bridgehead atoms. The smallest absolute Gasteiger partial charge is 0.387 e. The molecule has 3 N–H and O–H groups in total. The Balaban J connectivity index is 0.00000341. The van der Waals surface area contributed by atoms with Gasteiger partial charge in [-0.2, -0.15) is 8.78 Å². The first-order valence-electron chi connectivity index (χ1n) is 10.2. The topological polar surface area (TPSA) is 60.9 Å². The van der Waals surface area contributed by atoms with E-state index in [9.17, 15) is 8.78 Å². The van der Waals surface area contributed by atoms with Crippen LogP contribution in [0.1, 0.15) is 12.8 Å². The lowest BCUT2D eigenvalue weighted by Crippen LogP contribution is -2.45. The van der Waals surface area contributed by atoms with Crippen LogP contribution in [-0.2, 0) is 0 Å². The molecule has 0 aromatic heterocycles. The number of hydrogen-bond acceptors (Lipinski definition) is 4. The van der Waals surface area contributed by atoms with Crippen molar-refractivity contribution >= 4 is 41.3 Å². The Bertz CT molecular complexity index is 809. The van der Waals surface area contributed by atoms with Gasteiger partial charge in [-0.1, -0.05) is 30.3 Å². The van der Waals surface area contributed by atoms with Gasteiger partial charge in [0.15, 0.2) is 5.96 Å². The summed E-state index contributed by atoms with van der Waals surface area (Å²) >= 11 is 0. The van der Waals surface area contributed by atoms with E-state index < -0.39 is 6.61 Å². The summed E-state index contributed by atoms with van der Waals surface area (Å²) in [6.45, 7) is 0.286. The van der Waals surface area contributed by atoms with E-state index in [1.54, 1.807) is 19.2 Å². The van der Waals surface area contributed by atoms with Gasteiger partial charge in [0.2, 0.25) is 0 Å². The van der Waals surface area contributed by atoms with Crippen molar-refractivity contribution < 1.29 is 13.5 Å². The Kier molecular flexibility index (Phi) is 10.6. The summed E-state index contributed by atoms with van der Waals surface area (Å²) in [6.07, 6.45) is 1.84. The number of alkyl halides is 2. The zero-order valence-electron chi connectivity index (χ0n) is 17.6. The molecule has 0 amide bonds. The van der Waals surface area contributed by atoms with Gasteiger partial charge in [-0.25, -0.2) is 0 Å². The van der Waals surface area contributed by atoms with E-state index >= 15 is 0 Å². The van der Waals surface area contributed by atoms with Crippen molar-refractivity contribution in [3.8, 4) is 5.75 Å². The molecule has 1 unspecified atom stereocenters. The molecular weight excluding hydrogens is 515 g/mol. The van der Waals surface area contributed by atoms with Crippen LogP contribution in [0, 0.1) is 0 Å². The van der Waals surface area contributed by atoms with Crippen molar-refractivity contribution in [2.24, 2.45) is 4.99 Å². The van der Waals surface area contributed by atoms with Gasteiger partial charge < -0.3 is 25.6 Å². The quantitative estimate of drug-likeness (QED) is 0.191. The summed E-state index contributed by atoms with van der Waals surface area (Å²) in [5.41, 5.74) is 1.80. The molecule has 9 heteroatoms. The molecule has 0 radical (unpaired) electrons. The average molecular weight is 545 g/mol. The number of halogens is 3. The lowest BCUT2D eigenvalue weighted by molar-refractivity contribution is -0.0495. The molecule has 0 spiro atoms. The van der Waals surface area contributed by atoms with Crippen molar-refractivity contribution in [3.63, 3.8) is 0 Å². The maximum absolute atomic E-state index is 12.7. The number of para-hydroxylation sites is 3. The Morgan fingerprint density at radius 1 is 1.13 bits per heavy atom. The van der Waals surface area contributed by atoms with Crippen molar-refractivity contribution in [3.05, 3.63) is 54.6 Å². The van der Waals surface area contributed by atoms with Gasteiger partial charge >= 0.3 is 6.61 Å². The predicted octanol–water partition coefficient (Wildman–Crippen LogP) is 4.15. The maximum atomic E-state index is 12.7. The molecule has 6 nitrogen and oxygen atoms in total. The second-order valence-electron chi connectivity index (χ2n) is 7.07. The van der Waals surface area contributed by atoms with E-state index in [-0.39, 0.29) is 35.8 Å². The largest absolute Gasteiger partial charge is 0.433 e. The Labute approximate surface area is 199 Å². The molecule has 0 saturated carbocycles. The molecule has 1 aliphatic heterocycles. The van der Waals surface area contributed by atoms with Crippen molar-refractivity contribution in [2.45, 2.75) is 25.5 Å². The summed E-state index contributed by atoms with van der Waals surface area (Å²) in [4.78, 5) is 6.36. The molecule has 3 rings (SSSR count). The minimum absolute atomic E-state index is 0. The first-order valence-corrected chi connectivity index (χ1v) is 10.2. The molecule has 31 heavy (non-hydrogen) atoms. The molecule has 1 atom stereocenters. The first kappa shape index (κ1) is 25.0. The molecule has 170 valence electrons. The van der Waals surface area contributed by atoms with Crippen LogP contribution in [0.25, 0.3) is 0 Å². The highest BCUT2D eigenvalue weighted by Crippen LogP contribution is 2.31. The van der Waals surface area contributed by atoms with Crippen LogP contribution in [-0.4, -0.2) is 51.8 Å². The van der Waals surface area contributed by atoms with Crippen molar-refractivity contribution in [2.75, 3.05) is 43.4 Å². The number of anilines is 2. The second-order valence-corrected chi connectivity index (χ2v) is 7.07. The molecule has 1 saturated heterocycles. The number of guanidine groups is 1. The third kappa shape index (κ3) is 8.04. The third-order valence-electron chi connectivity index (χ3n) is 4.92. The van der Waals surface area contributed by atoms with Crippen LogP contribution in [0.3, 0.4) is 0 Å². The molecule has 1 fully saturated rings. The number of nitrogens with zero attached hydrogens (tertiary/aromatic N) is 2. The Morgan fingerprint density at radius 2 is 1.87 bits per heavy atom. The van der Waals surface area contributed by atoms with Crippen LogP contribution in [0.2, 0.25) is 0 Å². The molecular formula is C22H30F2IN5O. The Morgan fingerprint density at radius 3 is 2.61 bits per heavy atom. The third-order valence-corrected chi connectivity index (χ3v) is 4.92. The zero-order chi connectivity index (χ0) is 21.2. The van der Waals surface area contributed by atoms with Gasteiger partial charge in [0.05, 0.1) is 5.69 Å². The van der Waals surface area contributed by atoms with E-state index in [0.717, 1.165) is 44.1 Å². The molecule has 0 aliphatic carbocycles. The van der Waals surface area contributed by atoms with Gasteiger partial charge in [0.1, 0.15) is 5.75 Å². The van der Waals surface area contributed by atoms with Gasteiger partial charge in [-0.05, 0) is 37.1 Å². The van der Waals surface area contributed by atoms with E-state index in [1.807, 2.05) is 42.5 Å². The fourth-order valence-corrected chi connectivity index (χ4v) is 3.48. The van der Waals surface area contributed by atoms with Crippen LogP contribution in [0.4, 0.5) is 20.2 Å². The van der Waals surface area contributed by atoms with E-state index in [2.05, 4.69) is 30.6 Å². The van der Waals surface area contributed by atoms with Crippen LogP contribution in [0.5, 0.6) is 5.75 Å². The van der Waals surface area contributed by atoms with Crippen LogP contribution < -0.4 is 25.6 Å². The summed E-state index contributed by atoms with van der Waals surface area (Å²) in [5, 5.41) is 10.1. The fraction of sp³-hybridized carbons (Fsp3) is 0.409. The fourth-order valence-electron chi connectivity index (χ4n) is 3.48. The van der Waals surface area contributed by atoms with E-state index in [4.69, 9.17) is 0 Å².